The van der Waals surface area contributed by atoms with Crippen LogP contribution in [0.25, 0.3) is 10.9 Å². The number of fused-ring (bicyclic) bond motifs is 1. The Balaban J connectivity index is 2.66. The molecule has 5 nitrogen and oxygen atoms in total. The number of benzene rings is 1. The lowest BCUT2D eigenvalue weighted by Gasteiger charge is -2.19. The Labute approximate surface area is 127 Å². The molecule has 0 saturated carbocycles. The third-order valence-electron chi connectivity index (χ3n) is 3.49. The van der Waals surface area contributed by atoms with E-state index >= 15 is 0 Å². The number of hydrogen-bond donors (Lipinski definition) is 1. The molecule has 1 heterocycles. The molecule has 0 bridgehead atoms. The van der Waals surface area contributed by atoms with Crippen LogP contribution in [0, 0.1) is 0 Å². The highest BCUT2D eigenvalue weighted by Gasteiger charge is 2.19. The molecular formula is C15H19N3O2S. The van der Waals surface area contributed by atoms with E-state index in [1.807, 2.05) is 26.0 Å². The summed E-state index contributed by atoms with van der Waals surface area (Å²) >= 11 is 1.23. The van der Waals surface area contributed by atoms with Gasteiger partial charge in [0.25, 0.3) is 5.56 Å². The monoisotopic (exact) mass is 305 g/mol. The molecule has 1 amide bonds. The van der Waals surface area contributed by atoms with Gasteiger partial charge in [-0.25, -0.2) is 4.98 Å². The van der Waals surface area contributed by atoms with Crippen LogP contribution in [0.2, 0.25) is 0 Å². The summed E-state index contributed by atoms with van der Waals surface area (Å²) in [6.07, 6.45) is 0.804. The maximum atomic E-state index is 12.7. The van der Waals surface area contributed by atoms with Crippen LogP contribution in [0.4, 0.5) is 0 Å². The molecule has 0 fully saturated rings. The van der Waals surface area contributed by atoms with E-state index in [0.717, 1.165) is 6.42 Å². The number of aromatic nitrogens is 2. The summed E-state index contributed by atoms with van der Waals surface area (Å²) in [4.78, 5) is 28.5. The third-order valence-corrected chi connectivity index (χ3v) is 4.57. The van der Waals surface area contributed by atoms with Gasteiger partial charge in [-0.15, -0.1) is 0 Å². The van der Waals surface area contributed by atoms with E-state index < -0.39 is 11.2 Å². The van der Waals surface area contributed by atoms with Crippen LogP contribution in [0.5, 0.6) is 0 Å². The molecule has 2 atom stereocenters. The smallest absolute Gasteiger partial charge is 0.262 e. The zero-order valence-electron chi connectivity index (χ0n) is 12.4. The molecule has 0 aliphatic rings. The van der Waals surface area contributed by atoms with Gasteiger partial charge in [0.2, 0.25) is 5.91 Å². The van der Waals surface area contributed by atoms with Gasteiger partial charge in [-0.1, -0.05) is 30.8 Å². The van der Waals surface area contributed by atoms with Gasteiger partial charge in [0.15, 0.2) is 5.16 Å². The van der Waals surface area contributed by atoms with Crippen molar-refractivity contribution in [3.63, 3.8) is 0 Å². The molecule has 0 radical (unpaired) electrons. The van der Waals surface area contributed by atoms with Gasteiger partial charge in [0, 0.05) is 6.04 Å². The summed E-state index contributed by atoms with van der Waals surface area (Å²) in [7, 11) is 0. The standard InChI is InChI=1S/C15H19N3O2S/c1-4-9(2)18-14(20)11-7-5-6-8-12(11)17-15(18)21-10(3)13(16)19/h5-10H,4H2,1-3H3,(H2,16,19)/t9-,10+/m0/s1. The van der Waals surface area contributed by atoms with Gasteiger partial charge in [-0.3, -0.25) is 14.2 Å². The number of primary amides is 1. The lowest BCUT2D eigenvalue weighted by atomic mass is 10.2. The normalized spacial score (nSPS) is 14.0. The van der Waals surface area contributed by atoms with Crippen molar-refractivity contribution in [3.8, 4) is 0 Å². The fraction of sp³-hybridized carbons (Fsp3) is 0.400. The van der Waals surface area contributed by atoms with Gasteiger partial charge in [0.05, 0.1) is 16.2 Å². The Bertz CT molecular complexity index is 726. The first-order valence-corrected chi connectivity index (χ1v) is 7.81. The van der Waals surface area contributed by atoms with Crippen molar-refractivity contribution in [1.29, 1.82) is 0 Å². The van der Waals surface area contributed by atoms with Crippen molar-refractivity contribution in [1.82, 2.24) is 9.55 Å². The number of nitrogens with two attached hydrogens (primary N) is 1. The van der Waals surface area contributed by atoms with E-state index in [2.05, 4.69) is 4.98 Å². The van der Waals surface area contributed by atoms with Gasteiger partial charge in [-0.05, 0) is 32.4 Å². The highest BCUT2D eigenvalue weighted by Crippen LogP contribution is 2.25. The lowest BCUT2D eigenvalue weighted by molar-refractivity contribution is -0.117. The van der Waals surface area contributed by atoms with Crippen LogP contribution in [-0.2, 0) is 4.79 Å². The molecule has 1 aromatic carbocycles. The summed E-state index contributed by atoms with van der Waals surface area (Å²) in [6, 6.07) is 7.25. The number of carbonyl (C=O) groups excluding carboxylic acids is 1. The number of nitrogens with zero attached hydrogens (tertiary/aromatic N) is 2. The van der Waals surface area contributed by atoms with E-state index in [4.69, 9.17) is 5.73 Å². The minimum Gasteiger partial charge on any atom is -0.369 e. The summed E-state index contributed by atoms with van der Waals surface area (Å²) in [5.74, 6) is -0.418. The molecule has 0 saturated heterocycles. The molecule has 112 valence electrons. The Hall–Kier alpha value is -1.82. The first-order valence-electron chi connectivity index (χ1n) is 6.93. The molecule has 0 aliphatic heterocycles. The zero-order chi connectivity index (χ0) is 15.6. The number of hydrogen-bond acceptors (Lipinski definition) is 4. The SMILES string of the molecule is CC[C@H](C)n1c(S[C@H](C)C(N)=O)nc2ccccc2c1=O. The minimum atomic E-state index is -0.437. The molecule has 2 N–H and O–H groups in total. The second kappa shape index (κ2) is 6.30. The van der Waals surface area contributed by atoms with Crippen LogP contribution < -0.4 is 11.3 Å². The highest BCUT2D eigenvalue weighted by atomic mass is 32.2. The fourth-order valence-electron chi connectivity index (χ4n) is 2.00. The number of carbonyl (C=O) groups is 1. The van der Waals surface area contributed by atoms with Gasteiger partial charge in [0.1, 0.15) is 0 Å². The largest absolute Gasteiger partial charge is 0.369 e. The average molecular weight is 305 g/mol. The van der Waals surface area contributed by atoms with Crippen LogP contribution in [0.3, 0.4) is 0 Å². The Kier molecular flexibility index (Phi) is 4.67. The Morgan fingerprint density at radius 1 is 1.38 bits per heavy atom. The van der Waals surface area contributed by atoms with Crippen molar-refractivity contribution in [2.45, 2.75) is 43.6 Å². The molecular weight excluding hydrogens is 286 g/mol. The minimum absolute atomic E-state index is 0.0113. The quantitative estimate of drug-likeness (QED) is 0.679. The first kappa shape index (κ1) is 15.6. The molecule has 6 heteroatoms. The fourth-order valence-corrected chi connectivity index (χ4v) is 2.96. The van der Waals surface area contributed by atoms with Crippen LogP contribution in [0.1, 0.15) is 33.2 Å². The molecule has 0 spiro atoms. The van der Waals surface area contributed by atoms with E-state index in [-0.39, 0.29) is 11.6 Å². The van der Waals surface area contributed by atoms with Crippen molar-refractivity contribution in [3.05, 3.63) is 34.6 Å². The maximum Gasteiger partial charge on any atom is 0.262 e. The van der Waals surface area contributed by atoms with Gasteiger partial charge < -0.3 is 5.73 Å². The van der Waals surface area contributed by atoms with E-state index in [0.29, 0.717) is 16.1 Å². The topological polar surface area (TPSA) is 78.0 Å². The predicted molar refractivity (Wildman–Crippen MR) is 85.5 cm³/mol. The average Bonchev–Trinajstić information content (AvgIpc) is 2.46. The van der Waals surface area contributed by atoms with Gasteiger partial charge >= 0.3 is 0 Å². The Morgan fingerprint density at radius 3 is 2.67 bits per heavy atom. The highest BCUT2D eigenvalue weighted by molar-refractivity contribution is 8.00. The van der Waals surface area contributed by atoms with Crippen LogP contribution in [0.15, 0.2) is 34.2 Å². The molecule has 0 aliphatic carbocycles. The molecule has 2 aromatic rings. The lowest BCUT2D eigenvalue weighted by Crippen LogP contribution is -2.28. The first-order chi connectivity index (χ1) is 9.95. The summed E-state index contributed by atoms with van der Waals surface area (Å²) < 4.78 is 1.66. The van der Waals surface area contributed by atoms with Crippen molar-refractivity contribution < 1.29 is 4.79 Å². The Morgan fingerprint density at radius 2 is 2.05 bits per heavy atom. The second-order valence-corrected chi connectivity index (χ2v) is 6.31. The summed E-state index contributed by atoms with van der Waals surface area (Å²) in [5.41, 5.74) is 5.88. The molecule has 2 rings (SSSR count). The van der Waals surface area contributed by atoms with Crippen molar-refractivity contribution >= 4 is 28.6 Å². The number of amides is 1. The van der Waals surface area contributed by atoms with Crippen molar-refractivity contribution in [2.75, 3.05) is 0 Å². The van der Waals surface area contributed by atoms with Crippen molar-refractivity contribution in [2.24, 2.45) is 5.73 Å². The number of para-hydroxylation sites is 1. The molecule has 21 heavy (non-hydrogen) atoms. The summed E-state index contributed by atoms with van der Waals surface area (Å²) in [6.45, 7) is 5.70. The van der Waals surface area contributed by atoms with E-state index in [1.54, 1.807) is 23.6 Å². The van der Waals surface area contributed by atoms with Crippen LogP contribution >= 0.6 is 11.8 Å². The number of rotatable bonds is 5. The van der Waals surface area contributed by atoms with Gasteiger partial charge in [-0.2, -0.15) is 0 Å². The summed E-state index contributed by atoms with van der Waals surface area (Å²) in [5, 5.41) is 0.696. The van der Waals surface area contributed by atoms with E-state index in [9.17, 15) is 9.59 Å². The third kappa shape index (κ3) is 3.10. The predicted octanol–water partition coefficient (Wildman–Crippen LogP) is 2.33. The maximum absolute atomic E-state index is 12.7. The zero-order valence-corrected chi connectivity index (χ0v) is 13.2. The second-order valence-electron chi connectivity index (χ2n) is 5.01. The van der Waals surface area contributed by atoms with Crippen LogP contribution in [-0.4, -0.2) is 20.7 Å². The number of thioether (sulfide) groups is 1. The molecule has 0 unspecified atom stereocenters. The van der Waals surface area contributed by atoms with E-state index in [1.165, 1.54) is 11.8 Å². The molecule has 1 aromatic heterocycles.